The molecule has 0 amide bonds. The van der Waals surface area contributed by atoms with Crippen LogP contribution in [0.3, 0.4) is 0 Å². The summed E-state index contributed by atoms with van der Waals surface area (Å²) in [7, 11) is 2.42. The molecule has 5 heteroatoms. The van der Waals surface area contributed by atoms with Gasteiger partial charge in [0.2, 0.25) is 0 Å². The van der Waals surface area contributed by atoms with Gasteiger partial charge in [-0.05, 0) is 104 Å². The van der Waals surface area contributed by atoms with E-state index < -0.39 is 0 Å². The Hall–Kier alpha value is -7.24. The molecule has 0 fully saturated rings. The fourth-order valence-electron chi connectivity index (χ4n) is 11.1. The van der Waals surface area contributed by atoms with Crippen molar-refractivity contribution >= 4 is 84.3 Å². The molecule has 0 unspecified atom stereocenters. The smallest absolute Gasteiger partial charge is 0.197 e. The largest absolute Gasteiger partial charge is 0.456 e. The molecule has 0 spiro atoms. The molecule has 0 bridgehead atoms. The van der Waals surface area contributed by atoms with Crippen molar-refractivity contribution in [1.82, 2.24) is 4.57 Å². The van der Waals surface area contributed by atoms with Gasteiger partial charge in [0.15, 0.2) is 7.28 Å². The van der Waals surface area contributed by atoms with Crippen molar-refractivity contribution in [2.45, 2.75) is 71.6 Å². The first-order valence-electron chi connectivity index (χ1n) is 23.3. The minimum Gasteiger partial charge on any atom is -0.456 e. The first-order valence-corrected chi connectivity index (χ1v) is 23.3. The van der Waals surface area contributed by atoms with Gasteiger partial charge in [-0.15, -0.1) is 0 Å². The lowest BCUT2D eigenvalue weighted by Gasteiger charge is -2.27. The summed E-state index contributed by atoms with van der Waals surface area (Å²) >= 11 is 0. The Morgan fingerprint density at radius 2 is 1.26 bits per heavy atom. The van der Waals surface area contributed by atoms with Crippen LogP contribution >= 0.6 is 0 Å². The minimum absolute atomic E-state index is 0.0421. The third kappa shape index (κ3) is 5.71. The number of fused-ring (bicyclic) bond motifs is 12. The Morgan fingerprint density at radius 3 is 2.05 bits per heavy atom. The van der Waals surface area contributed by atoms with E-state index in [-0.39, 0.29) is 16.2 Å². The van der Waals surface area contributed by atoms with Crippen LogP contribution in [-0.4, -0.2) is 11.8 Å². The van der Waals surface area contributed by atoms with E-state index in [1.165, 1.54) is 60.9 Å². The van der Waals surface area contributed by atoms with Gasteiger partial charge in [-0.1, -0.05) is 158 Å². The fraction of sp³-hybridized carbons (Fsp3) is 0.180. The van der Waals surface area contributed by atoms with Crippen molar-refractivity contribution in [2.75, 3.05) is 5.32 Å². The van der Waals surface area contributed by atoms with E-state index in [4.69, 9.17) is 8.83 Å². The second-order valence-corrected chi connectivity index (χ2v) is 21.3. The Balaban J connectivity index is 1.08. The van der Waals surface area contributed by atoms with E-state index in [0.717, 1.165) is 77.7 Å². The van der Waals surface area contributed by atoms with Crippen LogP contribution in [0.15, 0.2) is 160 Å². The monoisotopic (exact) mass is 853 g/mol. The predicted molar refractivity (Wildman–Crippen MR) is 278 cm³/mol. The van der Waals surface area contributed by atoms with Crippen molar-refractivity contribution in [3.05, 3.63) is 174 Å². The maximum absolute atomic E-state index is 6.66. The van der Waals surface area contributed by atoms with Gasteiger partial charge in [-0.3, -0.25) is 0 Å². The van der Waals surface area contributed by atoms with E-state index in [2.05, 4.69) is 212 Å². The molecule has 66 heavy (non-hydrogen) atoms. The van der Waals surface area contributed by atoms with E-state index in [0.29, 0.717) is 0 Å². The molecule has 8 aromatic carbocycles. The highest BCUT2D eigenvalue weighted by Gasteiger charge is 2.38. The van der Waals surface area contributed by atoms with Gasteiger partial charge in [0.05, 0.1) is 5.52 Å². The van der Waals surface area contributed by atoms with Crippen LogP contribution < -0.4 is 16.2 Å². The molecule has 319 valence electrons. The number of nitrogens with zero attached hydrogens (tertiary/aromatic N) is 1. The summed E-state index contributed by atoms with van der Waals surface area (Å²) in [6.07, 6.45) is 0. The van der Waals surface area contributed by atoms with Gasteiger partial charge in [0, 0.05) is 72.1 Å². The number of anilines is 2. The Morgan fingerprint density at radius 1 is 0.530 bits per heavy atom. The van der Waals surface area contributed by atoms with E-state index in [9.17, 15) is 0 Å². The first-order chi connectivity index (χ1) is 31.7. The molecular formula is C61H50BN2O2. The van der Waals surface area contributed by atoms with Crippen LogP contribution in [-0.2, 0) is 16.2 Å². The number of benzene rings is 8. The molecular weight excluding hydrogens is 803 g/mol. The molecule has 0 saturated carbocycles. The van der Waals surface area contributed by atoms with E-state index in [1.54, 1.807) is 0 Å². The van der Waals surface area contributed by atoms with Crippen molar-refractivity contribution in [1.29, 1.82) is 0 Å². The highest BCUT2D eigenvalue weighted by atomic mass is 16.3. The average Bonchev–Trinajstić information content (AvgIpc) is 4.03. The average molecular weight is 854 g/mol. The van der Waals surface area contributed by atoms with Crippen molar-refractivity contribution in [3.8, 4) is 39.3 Å². The second-order valence-electron chi connectivity index (χ2n) is 21.3. The van der Waals surface area contributed by atoms with Gasteiger partial charge in [-0.25, -0.2) is 0 Å². The summed E-state index contributed by atoms with van der Waals surface area (Å²) in [6, 6.07) is 55.9. The molecule has 1 radical (unpaired) electrons. The maximum Gasteiger partial charge on any atom is 0.197 e. The molecule has 2 aliphatic rings. The number of para-hydroxylation sites is 1. The van der Waals surface area contributed by atoms with Crippen LogP contribution in [0.2, 0.25) is 0 Å². The van der Waals surface area contributed by atoms with Gasteiger partial charge in [0.25, 0.3) is 0 Å². The van der Waals surface area contributed by atoms with Crippen LogP contribution in [0.25, 0.3) is 94.0 Å². The molecule has 4 nitrogen and oxygen atoms in total. The summed E-state index contributed by atoms with van der Waals surface area (Å²) in [5, 5.41) is 9.64. The minimum atomic E-state index is -0.208. The van der Waals surface area contributed by atoms with Gasteiger partial charge in [-0.2, -0.15) is 0 Å². The standard InChI is InChI=1S/C61H50BN2O2/c1-59(2,3)36-18-21-38(22-19-36)63-50-30-43-39-23-20-37(60(4,5)6)28-47(39)61(7,8)48(43)29-44(50)41-24-25-42-45-32-56-46(40-16-12-13-17-53(40)65-56)31-51(45)64-52-33-55-35(26-49(52)62-57(41)58(42)64)27-54(66-55)34-14-10-9-11-15-34/h9-33,63H,1-8H3. The van der Waals surface area contributed by atoms with Crippen molar-refractivity contribution in [3.63, 3.8) is 0 Å². The zero-order chi connectivity index (χ0) is 45.0. The molecule has 1 aliphatic heterocycles. The zero-order valence-electron chi connectivity index (χ0n) is 38.8. The van der Waals surface area contributed by atoms with Gasteiger partial charge in [0.1, 0.15) is 22.5 Å². The third-order valence-corrected chi connectivity index (χ3v) is 14.7. The second kappa shape index (κ2) is 13.4. The maximum atomic E-state index is 6.66. The lowest BCUT2D eigenvalue weighted by atomic mass is 9.59. The highest BCUT2D eigenvalue weighted by Crippen LogP contribution is 2.53. The lowest BCUT2D eigenvalue weighted by Crippen LogP contribution is -2.37. The predicted octanol–water partition coefficient (Wildman–Crippen LogP) is 15.4. The molecule has 3 aromatic heterocycles. The SMILES string of the molecule is CC(C)(C)c1ccc(Nc2cc3c(cc2-c2ccc4c5cc6oc7ccccc7c6cc5n5c4c2[B]c2cc4cc(-c6ccccc6)oc4cc2-5)C(C)(C)c2cc(C(C)(C)C)ccc2-3)cc1. The highest BCUT2D eigenvalue weighted by molar-refractivity contribution is 6.73. The van der Waals surface area contributed by atoms with Crippen LogP contribution in [0, 0.1) is 0 Å². The fourth-order valence-corrected chi connectivity index (χ4v) is 11.1. The topological polar surface area (TPSA) is 43.2 Å². The molecule has 13 rings (SSSR count). The van der Waals surface area contributed by atoms with Crippen molar-refractivity contribution in [2.24, 2.45) is 0 Å². The quantitative estimate of drug-likeness (QED) is 0.179. The molecule has 0 saturated heterocycles. The van der Waals surface area contributed by atoms with Crippen LogP contribution in [0.1, 0.15) is 77.6 Å². The van der Waals surface area contributed by atoms with E-state index >= 15 is 0 Å². The van der Waals surface area contributed by atoms with E-state index in [1.807, 2.05) is 12.1 Å². The molecule has 0 atom stereocenters. The van der Waals surface area contributed by atoms with Crippen LogP contribution in [0.5, 0.6) is 0 Å². The van der Waals surface area contributed by atoms with Crippen molar-refractivity contribution < 1.29 is 8.83 Å². The zero-order valence-corrected chi connectivity index (χ0v) is 38.8. The number of aromatic nitrogens is 1. The normalized spacial score (nSPS) is 14.0. The summed E-state index contributed by atoms with van der Waals surface area (Å²) in [6.45, 7) is 18.5. The van der Waals surface area contributed by atoms with Crippen LogP contribution in [0.4, 0.5) is 11.4 Å². The Bertz CT molecular complexity index is 3850. The molecule has 4 heterocycles. The summed E-state index contributed by atoms with van der Waals surface area (Å²) in [5.74, 6) is 0.864. The summed E-state index contributed by atoms with van der Waals surface area (Å²) in [4.78, 5) is 0. The molecule has 11 aromatic rings. The third-order valence-electron chi connectivity index (χ3n) is 14.7. The number of hydrogen-bond donors (Lipinski definition) is 1. The number of nitrogens with one attached hydrogen (secondary N) is 1. The number of hydrogen-bond acceptors (Lipinski definition) is 3. The Labute approximate surface area is 386 Å². The van der Waals surface area contributed by atoms with Gasteiger partial charge < -0.3 is 18.7 Å². The first kappa shape index (κ1) is 39.2. The molecule has 1 aliphatic carbocycles. The number of rotatable bonds is 4. The summed E-state index contributed by atoms with van der Waals surface area (Å²) < 4.78 is 15.7. The Kier molecular flexibility index (Phi) is 7.96. The van der Waals surface area contributed by atoms with Gasteiger partial charge >= 0.3 is 0 Å². The molecule has 1 N–H and O–H groups in total. The summed E-state index contributed by atoms with van der Waals surface area (Å²) in [5.41, 5.74) is 21.9. The lowest BCUT2D eigenvalue weighted by molar-refractivity contribution is 0.584. The number of furan rings is 2.